The third kappa shape index (κ3) is 9.86. The van der Waals surface area contributed by atoms with E-state index in [1.54, 1.807) is 6.04 Å². The van der Waals surface area contributed by atoms with Gasteiger partial charge < -0.3 is 20.9 Å². The number of carbonyl (C=O) groups excluding carboxylic acids is 1. The molecular formula is C38H50F2N6O3. The molecule has 0 spiro atoms. The molecule has 1 saturated carbocycles. The number of ether oxygens (including phenoxy) is 1. The summed E-state index contributed by atoms with van der Waals surface area (Å²) in [5.74, 6) is 0.324. The maximum atomic E-state index is 14.9. The number of halogens is 2. The normalized spacial score (nSPS) is 14.4. The van der Waals surface area contributed by atoms with E-state index in [0.717, 1.165) is 54.3 Å². The molecule has 2 atom stereocenters. The molecule has 4 aromatic heterocycles. The number of amides is 1. The topological polar surface area (TPSA) is 128 Å². The molecule has 1 fully saturated rings. The van der Waals surface area contributed by atoms with Crippen LogP contribution in [0.4, 0.5) is 8.78 Å². The molecule has 0 bridgehead atoms. The van der Waals surface area contributed by atoms with Gasteiger partial charge in [0.05, 0.1) is 29.7 Å². The number of aliphatic hydroxyl groups excluding tert-OH is 1. The lowest BCUT2D eigenvalue weighted by molar-refractivity contribution is 0.0950. The third-order valence-electron chi connectivity index (χ3n) is 7.91. The molecule has 6 rings (SSSR count). The Morgan fingerprint density at radius 2 is 1.90 bits per heavy atom. The van der Waals surface area contributed by atoms with Crippen LogP contribution in [0.2, 0.25) is 0 Å². The number of fused-ring (bicyclic) bond motifs is 2. The Bertz CT molecular complexity index is 1710. The fourth-order valence-corrected chi connectivity index (χ4v) is 5.54. The molecule has 9 nitrogen and oxygen atoms in total. The molecule has 1 aliphatic carbocycles. The summed E-state index contributed by atoms with van der Waals surface area (Å²) in [5.41, 5.74) is 10.2. The van der Waals surface area contributed by atoms with E-state index in [1.165, 1.54) is 18.9 Å². The molecule has 1 amide bonds. The maximum Gasteiger partial charge on any atom is 0.251 e. The lowest BCUT2D eigenvalue weighted by atomic mass is 9.93. The molecule has 2 unspecified atom stereocenters. The molecule has 0 aromatic carbocycles. The first-order valence-electron chi connectivity index (χ1n) is 16.6. The quantitative estimate of drug-likeness (QED) is 0.0960. The summed E-state index contributed by atoms with van der Waals surface area (Å²) in [6, 6.07) is 11.0. The summed E-state index contributed by atoms with van der Waals surface area (Å²) in [4.78, 5) is 22.0. The van der Waals surface area contributed by atoms with Crippen molar-refractivity contribution in [3.05, 3.63) is 89.4 Å². The van der Waals surface area contributed by atoms with Gasteiger partial charge in [-0.05, 0) is 62.6 Å². The number of nitrogens with two attached hydrogens (primary N) is 1. The van der Waals surface area contributed by atoms with E-state index in [0.29, 0.717) is 36.1 Å². The minimum absolute atomic E-state index is 0.0994. The van der Waals surface area contributed by atoms with Gasteiger partial charge in [-0.15, -0.1) is 13.2 Å². The Labute approximate surface area is 289 Å². The second-order valence-corrected chi connectivity index (χ2v) is 11.2. The Hall–Kier alpha value is -4.82. The highest BCUT2D eigenvalue weighted by Crippen LogP contribution is 2.43. The van der Waals surface area contributed by atoms with E-state index >= 15 is 0 Å². The van der Waals surface area contributed by atoms with Gasteiger partial charge in [0, 0.05) is 59.5 Å². The van der Waals surface area contributed by atoms with Crippen molar-refractivity contribution in [3.63, 3.8) is 0 Å². The number of carbonyl (C=O) groups is 1. The van der Waals surface area contributed by atoms with Crippen LogP contribution in [-0.2, 0) is 6.67 Å². The number of aryl methyl sites for hydroxylation is 1. The minimum Gasteiger partial charge on any atom is -0.490 e. The number of aromatic nitrogens is 4. The van der Waals surface area contributed by atoms with E-state index in [4.69, 9.17) is 19.9 Å². The van der Waals surface area contributed by atoms with Crippen LogP contribution in [0.25, 0.3) is 16.8 Å². The predicted octanol–water partition coefficient (Wildman–Crippen LogP) is 7.37. The zero-order valence-corrected chi connectivity index (χ0v) is 29.5. The van der Waals surface area contributed by atoms with E-state index in [2.05, 4.69) is 55.5 Å². The van der Waals surface area contributed by atoms with Gasteiger partial charge in [-0.2, -0.15) is 5.10 Å². The number of hydrogen-bond donors (Lipinski definition) is 3. The van der Waals surface area contributed by atoms with E-state index < -0.39 is 12.5 Å². The zero-order chi connectivity index (χ0) is 36.7. The Morgan fingerprint density at radius 3 is 2.51 bits per heavy atom. The SMILES string of the molecule is C#CN.C=C.CC.CCCC(CNC(=O)c1cc(C)n2nc(C3CC3)cc2c1)c1cc2c(c(-c3cc(CF)ncc3F)n1)OCC2C.CO. The maximum absolute atomic E-state index is 14.9. The van der Waals surface area contributed by atoms with E-state index in [9.17, 15) is 13.6 Å². The van der Waals surface area contributed by atoms with Crippen LogP contribution in [0.5, 0.6) is 5.75 Å². The Kier molecular flexibility index (Phi) is 16.4. The smallest absolute Gasteiger partial charge is 0.251 e. The first-order chi connectivity index (χ1) is 23.8. The van der Waals surface area contributed by atoms with Crippen LogP contribution < -0.4 is 15.8 Å². The molecule has 0 radical (unpaired) electrons. The van der Waals surface area contributed by atoms with Crippen LogP contribution in [-0.4, -0.2) is 50.9 Å². The van der Waals surface area contributed by atoms with Crippen LogP contribution in [0.1, 0.15) is 110 Å². The number of aliphatic hydroxyl groups is 1. The van der Waals surface area contributed by atoms with Crippen molar-refractivity contribution in [2.24, 2.45) is 5.73 Å². The van der Waals surface area contributed by atoms with Gasteiger partial charge in [0.15, 0.2) is 5.82 Å². The van der Waals surface area contributed by atoms with Crippen molar-refractivity contribution < 1.29 is 23.4 Å². The fraction of sp³-hybridized carbons (Fsp3) is 0.421. The number of terminal acetylenes is 1. The number of nitrogens with zero attached hydrogens (tertiary/aromatic N) is 4. The van der Waals surface area contributed by atoms with Crippen molar-refractivity contribution in [1.29, 1.82) is 0 Å². The van der Waals surface area contributed by atoms with Crippen LogP contribution in [0, 0.1) is 25.2 Å². The zero-order valence-electron chi connectivity index (χ0n) is 29.5. The van der Waals surface area contributed by atoms with E-state index in [-0.39, 0.29) is 29.0 Å². The summed E-state index contributed by atoms with van der Waals surface area (Å²) < 4.78 is 36.1. The van der Waals surface area contributed by atoms with Crippen molar-refractivity contribution in [1.82, 2.24) is 24.9 Å². The van der Waals surface area contributed by atoms with Crippen molar-refractivity contribution >= 4 is 11.4 Å². The second kappa shape index (κ2) is 19.9. The van der Waals surface area contributed by atoms with Crippen LogP contribution >= 0.6 is 0 Å². The minimum atomic E-state index is -0.802. The van der Waals surface area contributed by atoms with Crippen molar-refractivity contribution in [2.45, 2.75) is 84.7 Å². The lowest BCUT2D eigenvalue weighted by Crippen LogP contribution is -2.29. The molecule has 4 aromatic rings. The summed E-state index contributed by atoms with van der Waals surface area (Å²) >= 11 is 0. The van der Waals surface area contributed by atoms with Gasteiger partial charge in [-0.3, -0.25) is 9.78 Å². The lowest BCUT2D eigenvalue weighted by Gasteiger charge is -2.20. The molecular weight excluding hydrogens is 626 g/mol. The van der Waals surface area contributed by atoms with Gasteiger partial charge in [-0.1, -0.05) is 40.5 Å². The number of rotatable bonds is 9. The molecule has 1 aliphatic heterocycles. The molecule has 264 valence electrons. The molecule has 0 saturated heterocycles. The van der Waals surface area contributed by atoms with Crippen molar-refractivity contribution in [2.75, 3.05) is 20.3 Å². The van der Waals surface area contributed by atoms with Gasteiger partial charge in [0.2, 0.25) is 0 Å². The number of nitrogens with one attached hydrogen (secondary N) is 1. The second-order valence-electron chi connectivity index (χ2n) is 11.2. The number of hydrogen-bond acceptors (Lipinski definition) is 7. The van der Waals surface area contributed by atoms with Crippen LogP contribution in [0.15, 0.2) is 49.7 Å². The average Bonchev–Trinajstić information content (AvgIpc) is 3.79. The molecule has 4 N–H and O–H groups in total. The highest BCUT2D eigenvalue weighted by atomic mass is 19.1. The van der Waals surface area contributed by atoms with Crippen LogP contribution in [0.3, 0.4) is 0 Å². The number of pyridine rings is 3. The average molecular weight is 677 g/mol. The van der Waals surface area contributed by atoms with Crippen molar-refractivity contribution in [3.8, 4) is 29.5 Å². The first kappa shape index (κ1) is 40.4. The van der Waals surface area contributed by atoms with Gasteiger partial charge >= 0.3 is 0 Å². The fourth-order valence-electron chi connectivity index (χ4n) is 5.54. The molecule has 11 heteroatoms. The van der Waals surface area contributed by atoms with E-state index in [1.807, 2.05) is 43.5 Å². The summed E-state index contributed by atoms with van der Waals surface area (Å²) in [6.45, 7) is 16.1. The summed E-state index contributed by atoms with van der Waals surface area (Å²) in [6.07, 6.45) is 9.40. The summed E-state index contributed by atoms with van der Waals surface area (Å²) in [7, 11) is 1.00. The molecule has 2 aliphatic rings. The highest BCUT2D eigenvalue weighted by Gasteiger charge is 2.30. The largest absolute Gasteiger partial charge is 0.490 e. The number of alkyl halides is 1. The summed E-state index contributed by atoms with van der Waals surface area (Å²) in [5, 5.41) is 14.8. The molecule has 49 heavy (non-hydrogen) atoms. The monoisotopic (exact) mass is 676 g/mol. The Morgan fingerprint density at radius 1 is 1.22 bits per heavy atom. The third-order valence-corrected chi connectivity index (χ3v) is 7.91. The van der Waals surface area contributed by atoms with Gasteiger partial charge in [0.25, 0.3) is 5.91 Å². The van der Waals surface area contributed by atoms with Gasteiger partial charge in [0.1, 0.15) is 18.1 Å². The first-order valence-corrected chi connectivity index (χ1v) is 16.6. The Balaban J connectivity index is 0.000000851. The molecule has 5 heterocycles. The van der Waals surface area contributed by atoms with Gasteiger partial charge in [-0.25, -0.2) is 18.3 Å². The highest BCUT2D eigenvalue weighted by molar-refractivity contribution is 5.95. The standard InChI is InChI=1S/C31H33F2N5O2.C2H3N.C2H6.C2H4.CH4O/c1-4-5-20(14-35-31(39)21-8-18(3)38-23(9-21)11-28(37-38)19-6-7-19)27-12-24-17(2)16-40-30(24)29(36-27)25-10-22(13-32)34-15-26(25)33;1-2-3;3*1-2/h8-12,15,17,19-20H,4-7,13-14,16H2,1-3H3,(H,35,39);1H,3H2;1-2H3;1-2H2;2H,1H3. The predicted molar refractivity (Wildman–Crippen MR) is 192 cm³/mol.